The number of nitrogen functional groups attached to an aromatic ring is 1. The first-order valence-corrected chi connectivity index (χ1v) is 6.10. The highest BCUT2D eigenvalue weighted by molar-refractivity contribution is 5.63. The van der Waals surface area contributed by atoms with Crippen molar-refractivity contribution in [3.05, 3.63) is 35.9 Å². The molecular weight excluding hydrogens is 226 g/mol. The maximum atomic E-state index is 5.82. The van der Waals surface area contributed by atoms with Gasteiger partial charge in [0.1, 0.15) is 5.82 Å². The number of aromatic nitrogens is 2. The van der Waals surface area contributed by atoms with E-state index in [0.29, 0.717) is 5.82 Å². The van der Waals surface area contributed by atoms with Crippen LogP contribution in [0.1, 0.15) is 18.4 Å². The summed E-state index contributed by atoms with van der Waals surface area (Å²) >= 11 is 0. The first kappa shape index (κ1) is 11.3. The van der Waals surface area contributed by atoms with Gasteiger partial charge in [-0.15, -0.1) is 0 Å². The zero-order valence-electron chi connectivity index (χ0n) is 10.7. The van der Waals surface area contributed by atoms with E-state index in [0.717, 1.165) is 24.1 Å². The molecule has 0 unspecified atom stereocenters. The van der Waals surface area contributed by atoms with Crippen LogP contribution in [0.5, 0.6) is 0 Å². The first-order chi connectivity index (χ1) is 8.64. The van der Waals surface area contributed by atoms with Gasteiger partial charge in [-0.3, -0.25) is 4.68 Å². The summed E-state index contributed by atoms with van der Waals surface area (Å²) in [6.07, 6.45) is 2.19. The largest absolute Gasteiger partial charge is 0.384 e. The van der Waals surface area contributed by atoms with Gasteiger partial charge in [-0.25, -0.2) is 0 Å². The molecular formula is C14H17N3O. The predicted octanol–water partition coefficient (Wildman–Crippen LogP) is 2.30. The van der Waals surface area contributed by atoms with Crippen LogP contribution in [-0.2, 0) is 17.4 Å². The van der Waals surface area contributed by atoms with Crippen molar-refractivity contribution < 1.29 is 4.74 Å². The number of anilines is 1. The van der Waals surface area contributed by atoms with Gasteiger partial charge >= 0.3 is 0 Å². The van der Waals surface area contributed by atoms with Gasteiger partial charge < -0.3 is 10.5 Å². The number of benzene rings is 1. The first-order valence-electron chi connectivity index (χ1n) is 6.10. The van der Waals surface area contributed by atoms with Crippen molar-refractivity contribution in [1.29, 1.82) is 0 Å². The van der Waals surface area contributed by atoms with Gasteiger partial charge in [0.25, 0.3) is 0 Å². The van der Waals surface area contributed by atoms with E-state index in [9.17, 15) is 0 Å². The van der Waals surface area contributed by atoms with Gasteiger partial charge in [0.05, 0.1) is 11.3 Å². The number of nitrogens with zero attached hydrogens (tertiary/aromatic N) is 2. The number of methoxy groups -OCH3 is 1. The van der Waals surface area contributed by atoms with Crippen molar-refractivity contribution >= 4 is 5.82 Å². The lowest BCUT2D eigenvalue weighted by molar-refractivity contribution is 0.0789. The van der Waals surface area contributed by atoms with E-state index in [-0.39, 0.29) is 5.60 Å². The Morgan fingerprint density at radius 2 is 2.11 bits per heavy atom. The molecule has 0 saturated heterocycles. The molecule has 18 heavy (non-hydrogen) atoms. The lowest BCUT2D eigenvalue weighted by Crippen LogP contribution is -2.08. The maximum absolute atomic E-state index is 5.82. The third-order valence-electron chi connectivity index (χ3n) is 3.70. The molecule has 2 aromatic rings. The molecule has 0 spiro atoms. The molecule has 0 aliphatic heterocycles. The van der Waals surface area contributed by atoms with Crippen LogP contribution in [0.4, 0.5) is 5.82 Å². The summed E-state index contributed by atoms with van der Waals surface area (Å²) in [5.41, 5.74) is 8.98. The normalized spacial score (nSPS) is 16.8. The quantitative estimate of drug-likeness (QED) is 0.900. The minimum atomic E-state index is -0.0592. The number of aryl methyl sites for hydroxylation is 1. The minimum Gasteiger partial charge on any atom is -0.384 e. The lowest BCUT2D eigenvalue weighted by atomic mass is 10.0. The van der Waals surface area contributed by atoms with Crippen LogP contribution < -0.4 is 5.73 Å². The Hall–Kier alpha value is -1.81. The van der Waals surface area contributed by atoms with Crippen LogP contribution in [0.15, 0.2) is 30.3 Å². The molecule has 0 atom stereocenters. The van der Waals surface area contributed by atoms with Crippen molar-refractivity contribution in [2.75, 3.05) is 12.8 Å². The van der Waals surface area contributed by atoms with Crippen LogP contribution >= 0.6 is 0 Å². The van der Waals surface area contributed by atoms with Crippen LogP contribution in [0.2, 0.25) is 0 Å². The molecule has 4 nitrogen and oxygen atoms in total. The highest BCUT2D eigenvalue weighted by Crippen LogP contribution is 2.49. The van der Waals surface area contributed by atoms with Crippen LogP contribution in [0, 0.1) is 0 Å². The Morgan fingerprint density at radius 1 is 1.33 bits per heavy atom. The molecule has 1 aromatic carbocycles. The highest BCUT2D eigenvalue weighted by atomic mass is 16.5. The molecule has 1 heterocycles. The Bertz CT molecular complexity index is 565. The van der Waals surface area contributed by atoms with Gasteiger partial charge in [-0.1, -0.05) is 18.2 Å². The predicted molar refractivity (Wildman–Crippen MR) is 71.0 cm³/mol. The van der Waals surface area contributed by atoms with Crippen molar-refractivity contribution in [2.45, 2.75) is 18.4 Å². The molecule has 4 heteroatoms. The van der Waals surface area contributed by atoms with E-state index in [1.807, 2.05) is 13.1 Å². The Morgan fingerprint density at radius 3 is 2.67 bits per heavy atom. The summed E-state index contributed by atoms with van der Waals surface area (Å²) in [6, 6.07) is 10.3. The van der Waals surface area contributed by atoms with Crippen molar-refractivity contribution in [1.82, 2.24) is 9.78 Å². The monoisotopic (exact) mass is 243 g/mol. The molecule has 1 aromatic heterocycles. The van der Waals surface area contributed by atoms with Crippen LogP contribution in [0.3, 0.4) is 0 Å². The lowest BCUT2D eigenvalue weighted by Gasteiger charge is -2.14. The van der Waals surface area contributed by atoms with E-state index >= 15 is 0 Å². The van der Waals surface area contributed by atoms with Gasteiger partial charge in [0.15, 0.2) is 0 Å². The van der Waals surface area contributed by atoms with Gasteiger partial charge in [-0.05, 0) is 24.5 Å². The zero-order chi connectivity index (χ0) is 12.8. The zero-order valence-corrected chi connectivity index (χ0v) is 10.7. The second-order valence-corrected chi connectivity index (χ2v) is 4.86. The fraction of sp³-hybridized carbons (Fsp3) is 0.357. The number of hydrogen-bond donors (Lipinski definition) is 1. The Labute approximate surface area is 106 Å². The summed E-state index contributed by atoms with van der Waals surface area (Å²) in [5, 5.41) is 4.40. The van der Waals surface area contributed by atoms with E-state index in [2.05, 4.69) is 29.4 Å². The molecule has 0 amide bonds. The molecule has 3 rings (SSSR count). The molecule has 2 N–H and O–H groups in total. The van der Waals surface area contributed by atoms with Crippen molar-refractivity contribution in [2.24, 2.45) is 7.05 Å². The summed E-state index contributed by atoms with van der Waals surface area (Å²) in [6.45, 7) is 0. The topological polar surface area (TPSA) is 53.1 Å². The standard InChI is InChI=1S/C14H17N3O/c1-17-13(15)9-12(16-17)10-4-3-5-11(8-10)14(18-2)6-7-14/h3-5,8-9H,6-7,15H2,1-2H3. The molecule has 0 radical (unpaired) electrons. The van der Waals surface area contributed by atoms with E-state index in [1.54, 1.807) is 11.8 Å². The van der Waals surface area contributed by atoms with Gasteiger partial charge in [-0.2, -0.15) is 5.10 Å². The Balaban J connectivity index is 2.01. The summed E-state index contributed by atoms with van der Waals surface area (Å²) in [7, 11) is 3.62. The smallest absolute Gasteiger partial charge is 0.121 e. The third-order valence-corrected chi connectivity index (χ3v) is 3.70. The molecule has 94 valence electrons. The summed E-state index contributed by atoms with van der Waals surface area (Å²) in [4.78, 5) is 0. The average Bonchev–Trinajstić information content (AvgIpc) is 3.12. The number of rotatable bonds is 3. The molecule has 0 bridgehead atoms. The van der Waals surface area contributed by atoms with Crippen molar-refractivity contribution in [3.63, 3.8) is 0 Å². The fourth-order valence-electron chi connectivity index (χ4n) is 2.31. The van der Waals surface area contributed by atoms with E-state index in [4.69, 9.17) is 10.5 Å². The summed E-state index contributed by atoms with van der Waals surface area (Å²) in [5.74, 6) is 0.670. The van der Waals surface area contributed by atoms with Crippen LogP contribution in [-0.4, -0.2) is 16.9 Å². The number of hydrogen-bond acceptors (Lipinski definition) is 3. The van der Waals surface area contributed by atoms with Crippen molar-refractivity contribution in [3.8, 4) is 11.3 Å². The molecule has 1 saturated carbocycles. The number of ether oxygens (including phenoxy) is 1. The number of nitrogens with two attached hydrogens (primary N) is 1. The second kappa shape index (κ2) is 3.85. The maximum Gasteiger partial charge on any atom is 0.121 e. The Kier molecular flexibility index (Phi) is 2.41. The SMILES string of the molecule is COC1(c2cccc(-c3cc(N)n(C)n3)c2)CC1. The molecule has 1 fully saturated rings. The fourth-order valence-corrected chi connectivity index (χ4v) is 2.31. The van der Waals surface area contributed by atoms with E-state index < -0.39 is 0 Å². The average molecular weight is 243 g/mol. The second-order valence-electron chi connectivity index (χ2n) is 4.86. The van der Waals surface area contributed by atoms with E-state index in [1.165, 1.54) is 5.56 Å². The minimum absolute atomic E-state index is 0.0592. The molecule has 1 aliphatic carbocycles. The molecule has 1 aliphatic rings. The van der Waals surface area contributed by atoms with Crippen LogP contribution in [0.25, 0.3) is 11.3 Å². The summed E-state index contributed by atoms with van der Waals surface area (Å²) < 4.78 is 7.29. The van der Waals surface area contributed by atoms with Gasteiger partial charge in [0, 0.05) is 25.8 Å². The third kappa shape index (κ3) is 1.69. The highest BCUT2D eigenvalue weighted by Gasteiger charge is 2.44. The van der Waals surface area contributed by atoms with Gasteiger partial charge in [0.2, 0.25) is 0 Å².